The van der Waals surface area contributed by atoms with Crippen molar-refractivity contribution in [2.75, 3.05) is 18.1 Å². The number of anilines is 2. The number of benzene rings is 1. The van der Waals surface area contributed by atoms with Crippen LogP contribution in [0.25, 0.3) is 10.9 Å². The highest BCUT2D eigenvalue weighted by atomic mass is 16.2. The summed E-state index contributed by atoms with van der Waals surface area (Å²) in [6.45, 7) is 1.80. The summed E-state index contributed by atoms with van der Waals surface area (Å²) in [5.41, 5.74) is 8.09. The van der Waals surface area contributed by atoms with Gasteiger partial charge in [0.1, 0.15) is 6.04 Å². The second kappa shape index (κ2) is 4.91. The van der Waals surface area contributed by atoms with Crippen molar-refractivity contribution in [2.45, 2.75) is 13.0 Å². The topological polar surface area (TPSA) is 80.0 Å². The molecule has 1 aromatic heterocycles. The molecule has 0 fully saturated rings. The number of nitrogens with one attached hydrogen (secondary N) is 2. The summed E-state index contributed by atoms with van der Waals surface area (Å²) in [4.78, 5) is 15.8. The van der Waals surface area contributed by atoms with E-state index in [0.29, 0.717) is 5.69 Å². The minimum Gasteiger partial charge on any atom is -0.397 e. The Bertz CT molecular complexity index is 582. The van der Waals surface area contributed by atoms with Gasteiger partial charge >= 0.3 is 0 Å². The lowest BCUT2D eigenvalue weighted by molar-refractivity contribution is -0.121. The van der Waals surface area contributed by atoms with Crippen LogP contribution in [0.1, 0.15) is 6.92 Å². The molecule has 0 aliphatic heterocycles. The zero-order valence-corrected chi connectivity index (χ0v) is 10.4. The Balaban J connectivity index is 2.40. The quantitative estimate of drug-likeness (QED) is 0.712. The molecule has 1 atom stereocenters. The largest absolute Gasteiger partial charge is 0.397 e. The van der Waals surface area contributed by atoms with E-state index in [0.717, 1.165) is 16.6 Å². The van der Waals surface area contributed by atoms with Crippen molar-refractivity contribution >= 4 is 28.2 Å². The fraction of sp³-hybridized carbons (Fsp3) is 0.231. The molecule has 5 heteroatoms. The molecule has 1 unspecified atom stereocenters. The molecule has 0 aliphatic carbocycles. The van der Waals surface area contributed by atoms with E-state index in [4.69, 9.17) is 5.73 Å². The number of carbonyl (C=O) groups excluding carboxylic acids is 1. The highest BCUT2D eigenvalue weighted by Gasteiger charge is 2.12. The third-order valence-electron chi connectivity index (χ3n) is 2.81. The van der Waals surface area contributed by atoms with Gasteiger partial charge in [0.15, 0.2) is 0 Å². The fourth-order valence-electron chi connectivity index (χ4n) is 1.84. The van der Waals surface area contributed by atoms with Gasteiger partial charge in [0.25, 0.3) is 0 Å². The Morgan fingerprint density at radius 3 is 2.89 bits per heavy atom. The van der Waals surface area contributed by atoms with E-state index >= 15 is 0 Å². The van der Waals surface area contributed by atoms with Crippen LogP contribution >= 0.6 is 0 Å². The normalized spacial score (nSPS) is 12.1. The molecule has 0 saturated carbocycles. The summed E-state index contributed by atoms with van der Waals surface area (Å²) < 4.78 is 0. The molecule has 0 radical (unpaired) electrons. The van der Waals surface area contributed by atoms with Crippen molar-refractivity contribution < 1.29 is 4.79 Å². The maximum absolute atomic E-state index is 11.5. The standard InChI is InChI=1S/C13H16N4O/c1-8(13(18)15-2)17-11-6-5-10(14)12-9(11)4-3-7-16-12/h3-8,17H,14H2,1-2H3,(H,15,18). The minimum atomic E-state index is -0.318. The first-order valence-corrected chi connectivity index (χ1v) is 5.75. The number of likely N-dealkylation sites (N-methyl/N-ethyl adjacent to an activating group) is 1. The molecule has 0 aliphatic rings. The van der Waals surface area contributed by atoms with E-state index in [-0.39, 0.29) is 11.9 Å². The van der Waals surface area contributed by atoms with Crippen LogP contribution < -0.4 is 16.4 Å². The zero-order chi connectivity index (χ0) is 13.1. The number of amides is 1. The average Bonchev–Trinajstić information content (AvgIpc) is 2.41. The van der Waals surface area contributed by atoms with Crippen LogP contribution in [0.2, 0.25) is 0 Å². The van der Waals surface area contributed by atoms with Crippen LogP contribution in [0.5, 0.6) is 0 Å². The molecule has 0 saturated heterocycles. The number of nitrogens with zero attached hydrogens (tertiary/aromatic N) is 1. The maximum atomic E-state index is 11.5. The average molecular weight is 244 g/mol. The molecule has 2 aromatic rings. The van der Waals surface area contributed by atoms with Crippen LogP contribution in [0, 0.1) is 0 Å². The van der Waals surface area contributed by atoms with Gasteiger partial charge in [-0.1, -0.05) is 0 Å². The van der Waals surface area contributed by atoms with Crippen LogP contribution in [-0.2, 0) is 4.79 Å². The number of hydrogen-bond acceptors (Lipinski definition) is 4. The molecule has 1 amide bonds. The molecule has 0 bridgehead atoms. The Morgan fingerprint density at radius 2 is 2.17 bits per heavy atom. The molecule has 4 N–H and O–H groups in total. The van der Waals surface area contributed by atoms with Gasteiger partial charge in [-0.3, -0.25) is 9.78 Å². The molecule has 1 aromatic carbocycles. The van der Waals surface area contributed by atoms with E-state index in [2.05, 4.69) is 15.6 Å². The van der Waals surface area contributed by atoms with Crippen molar-refractivity contribution in [1.82, 2.24) is 10.3 Å². The molecular formula is C13H16N4O. The number of nitrogen functional groups attached to an aromatic ring is 1. The third kappa shape index (κ3) is 2.20. The lowest BCUT2D eigenvalue weighted by atomic mass is 10.1. The summed E-state index contributed by atoms with van der Waals surface area (Å²) in [5.74, 6) is -0.0659. The van der Waals surface area contributed by atoms with Gasteiger partial charge in [-0.25, -0.2) is 0 Å². The fourth-order valence-corrected chi connectivity index (χ4v) is 1.84. The number of carbonyl (C=O) groups is 1. The molecule has 0 spiro atoms. The second-order valence-corrected chi connectivity index (χ2v) is 4.08. The maximum Gasteiger partial charge on any atom is 0.241 e. The number of hydrogen-bond donors (Lipinski definition) is 3. The summed E-state index contributed by atoms with van der Waals surface area (Å²) >= 11 is 0. The van der Waals surface area contributed by atoms with E-state index in [9.17, 15) is 4.79 Å². The lowest BCUT2D eigenvalue weighted by Gasteiger charge is -2.15. The van der Waals surface area contributed by atoms with Gasteiger partial charge in [0.05, 0.1) is 11.2 Å². The first kappa shape index (κ1) is 12.2. The van der Waals surface area contributed by atoms with Crippen LogP contribution in [-0.4, -0.2) is 24.0 Å². The third-order valence-corrected chi connectivity index (χ3v) is 2.81. The number of rotatable bonds is 3. The smallest absolute Gasteiger partial charge is 0.241 e. The summed E-state index contributed by atoms with van der Waals surface area (Å²) in [6.07, 6.45) is 1.70. The Kier molecular flexibility index (Phi) is 3.32. The number of fused-ring (bicyclic) bond motifs is 1. The van der Waals surface area contributed by atoms with Gasteiger partial charge in [0.2, 0.25) is 5.91 Å². The van der Waals surface area contributed by atoms with Crippen LogP contribution in [0.3, 0.4) is 0 Å². The number of nitrogens with two attached hydrogens (primary N) is 1. The highest BCUT2D eigenvalue weighted by molar-refractivity contribution is 5.99. The summed E-state index contributed by atoms with van der Waals surface area (Å²) in [6, 6.07) is 7.10. The van der Waals surface area contributed by atoms with Crippen molar-refractivity contribution in [3.05, 3.63) is 30.5 Å². The molecule has 2 rings (SSSR count). The van der Waals surface area contributed by atoms with Crippen molar-refractivity contribution in [3.8, 4) is 0 Å². The van der Waals surface area contributed by atoms with E-state index in [1.807, 2.05) is 18.2 Å². The zero-order valence-electron chi connectivity index (χ0n) is 10.4. The molecule has 18 heavy (non-hydrogen) atoms. The van der Waals surface area contributed by atoms with Gasteiger partial charge in [-0.05, 0) is 31.2 Å². The molecule has 94 valence electrons. The first-order chi connectivity index (χ1) is 8.63. The molecular weight excluding hydrogens is 228 g/mol. The van der Waals surface area contributed by atoms with E-state index < -0.39 is 0 Å². The Morgan fingerprint density at radius 1 is 1.39 bits per heavy atom. The predicted molar refractivity (Wildman–Crippen MR) is 73.3 cm³/mol. The van der Waals surface area contributed by atoms with Crippen molar-refractivity contribution in [1.29, 1.82) is 0 Å². The van der Waals surface area contributed by atoms with Gasteiger partial charge < -0.3 is 16.4 Å². The molecule has 5 nitrogen and oxygen atoms in total. The van der Waals surface area contributed by atoms with Gasteiger partial charge in [0, 0.05) is 24.3 Å². The summed E-state index contributed by atoms with van der Waals surface area (Å²) in [5, 5.41) is 6.67. The van der Waals surface area contributed by atoms with Gasteiger partial charge in [-0.2, -0.15) is 0 Å². The number of aromatic nitrogens is 1. The second-order valence-electron chi connectivity index (χ2n) is 4.08. The van der Waals surface area contributed by atoms with Gasteiger partial charge in [-0.15, -0.1) is 0 Å². The lowest BCUT2D eigenvalue weighted by Crippen LogP contribution is -2.35. The monoisotopic (exact) mass is 244 g/mol. The Hall–Kier alpha value is -2.30. The minimum absolute atomic E-state index is 0.0659. The molecule has 1 heterocycles. The highest BCUT2D eigenvalue weighted by Crippen LogP contribution is 2.26. The van der Waals surface area contributed by atoms with Crippen LogP contribution in [0.4, 0.5) is 11.4 Å². The van der Waals surface area contributed by atoms with E-state index in [1.165, 1.54) is 0 Å². The van der Waals surface area contributed by atoms with Crippen molar-refractivity contribution in [2.24, 2.45) is 0 Å². The summed E-state index contributed by atoms with van der Waals surface area (Å²) in [7, 11) is 1.61. The van der Waals surface area contributed by atoms with Crippen LogP contribution in [0.15, 0.2) is 30.5 Å². The number of pyridine rings is 1. The van der Waals surface area contributed by atoms with Crippen molar-refractivity contribution in [3.63, 3.8) is 0 Å². The van der Waals surface area contributed by atoms with E-state index in [1.54, 1.807) is 26.2 Å². The Labute approximate surface area is 105 Å². The first-order valence-electron chi connectivity index (χ1n) is 5.75. The SMILES string of the molecule is CNC(=O)C(C)Nc1ccc(N)c2ncccc12. The predicted octanol–water partition coefficient (Wildman–Crippen LogP) is 1.36.